The summed E-state index contributed by atoms with van der Waals surface area (Å²) < 4.78 is 13.5. The van der Waals surface area contributed by atoms with Crippen molar-refractivity contribution >= 4 is 12.2 Å². The Morgan fingerprint density at radius 1 is 1.12 bits per heavy atom. The van der Waals surface area contributed by atoms with Crippen molar-refractivity contribution in [1.29, 1.82) is 0 Å². The standard InChI is InChI=1S/C17H18N4O2S/c1-22-16-9-14(10-19-21-12-18-20-17(21)24)7-8-15(16)23-11-13-5-3-2-4-6-13/h2-9,12,19H,10-11H2,1H3,(H,20,24). The van der Waals surface area contributed by atoms with Crippen LogP contribution >= 0.6 is 12.2 Å². The van der Waals surface area contributed by atoms with Crippen LogP contribution in [0.25, 0.3) is 0 Å². The Labute approximate surface area is 145 Å². The number of hydrogen-bond acceptors (Lipinski definition) is 5. The lowest BCUT2D eigenvalue weighted by Crippen LogP contribution is -2.13. The highest BCUT2D eigenvalue weighted by molar-refractivity contribution is 7.71. The Morgan fingerprint density at radius 3 is 2.67 bits per heavy atom. The van der Waals surface area contributed by atoms with E-state index in [-0.39, 0.29) is 0 Å². The quantitative estimate of drug-likeness (QED) is 0.645. The molecule has 1 aromatic heterocycles. The molecule has 24 heavy (non-hydrogen) atoms. The summed E-state index contributed by atoms with van der Waals surface area (Å²) >= 11 is 5.09. The van der Waals surface area contributed by atoms with Crippen molar-refractivity contribution in [2.45, 2.75) is 13.2 Å². The number of benzene rings is 2. The van der Waals surface area contributed by atoms with Gasteiger partial charge in [0.1, 0.15) is 12.9 Å². The molecule has 0 saturated heterocycles. The molecule has 0 atom stereocenters. The fourth-order valence-corrected chi connectivity index (χ4v) is 2.38. The van der Waals surface area contributed by atoms with Crippen LogP contribution in [0.3, 0.4) is 0 Å². The van der Waals surface area contributed by atoms with Gasteiger partial charge < -0.3 is 14.9 Å². The van der Waals surface area contributed by atoms with Crippen LogP contribution in [0.15, 0.2) is 54.9 Å². The van der Waals surface area contributed by atoms with Crippen LogP contribution < -0.4 is 14.9 Å². The first-order valence-electron chi connectivity index (χ1n) is 7.46. The van der Waals surface area contributed by atoms with Crippen LogP contribution in [0.4, 0.5) is 0 Å². The fourth-order valence-electron chi connectivity index (χ4n) is 2.21. The average Bonchev–Trinajstić information content (AvgIpc) is 3.04. The van der Waals surface area contributed by atoms with Crippen molar-refractivity contribution in [2.24, 2.45) is 0 Å². The highest BCUT2D eigenvalue weighted by Crippen LogP contribution is 2.28. The smallest absolute Gasteiger partial charge is 0.214 e. The third-order valence-electron chi connectivity index (χ3n) is 3.47. The summed E-state index contributed by atoms with van der Waals surface area (Å²) in [6, 6.07) is 15.9. The van der Waals surface area contributed by atoms with E-state index in [9.17, 15) is 0 Å². The summed E-state index contributed by atoms with van der Waals surface area (Å²) in [5, 5.41) is 6.55. The van der Waals surface area contributed by atoms with Gasteiger partial charge in [-0.15, -0.1) is 0 Å². The van der Waals surface area contributed by atoms with Crippen LogP contribution in [-0.2, 0) is 13.2 Å². The Kier molecular flexibility index (Phi) is 5.12. The normalized spacial score (nSPS) is 10.4. The van der Waals surface area contributed by atoms with Crippen LogP contribution in [0.2, 0.25) is 0 Å². The van der Waals surface area contributed by atoms with Crippen LogP contribution in [-0.4, -0.2) is 22.0 Å². The Balaban J connectivity index is 1.66. The molecule has 0 aliphatic rings. The summed E-state index contributed by atoms with van der Waals surface area (Å²) in [6.07, 6.45) is 1.59. The highest BCUT2D eigenvalue weighted by Gasteiger charge is 2.06. The number of nitrogens with one attached hydrogen (secondary N) is 2. The number of hydrogen-bond donors (Lipinski definition) is 2. The van der Waals surface area contributed by atoms with E-state index in [0.717, 1.165) is 11.1 Å². The Morgan fingerprint density at radius 2 is 1.96 bits per heavy atom. The molecule has 0 fully saturated rings. The molecule has 0 unspecified atom stereocenters. The van der Waals surface area contributed by atoms with Gasteiger partial charge in [0.05, 0.1) is 13.7 Å². The maximum Gasteiger partial charge on any atom is 0.214 e. The van der Waals surface area contributed by atoms with Crippen molar-refractivity contribution in [3.05, 3.63) is 70.8 Å². The third-order valence-corrected chi connectivity index (χ3v) is 3.76. The fraction of sp³-hybridized carbons (Fsp3) is 0.176. The molecule has 3 rings (SSSR count). The zero-order valence-corrected chi connectivity index (χ0v) is 14.0. The largest absolute Gasteiger partial charge is 0.493 e. The molecule has 0 spiro atoms. The minimum atomic E-state index is 0.499. The molecule has 0 saturated carbocycles. The van der Waals surface area contributed by atoms with E-state index in [1.54, 1.807) is 18.1 Å². The lowest BCUT2D eigenvalue weighted by atomic mass is 10.2. The Hall–Kier alpha value is -2.80. The second-order valence-electron chi connectivity index (χ2n) is 5.13. The predicted molar refractivity (Wildman–Crippen MR) is 94.2 cm³/mol. The van der Waals surface area contributed by atoms with E-state index in [2.05, 4.69) is 15.6 Å². The molecule has 6 nitrogen and oxygen atoms in total. The monoisotopic (exact) mass is 342 g/mol. The highest BCUT2D eigenvalue weighted by atomic mass is 32.1. The number of aromatic amines is 1. The number of nitrogens with zero attached hydrogens (tertiary/aromatic N) is 2. The van der Waals surface area contributed by atoms with Gasteiger partial charge in [-0.25, -0.2) is 4.68 Å². The van der Waals surface area contributed by atoms with Gasteiger partial charge in [-0.2, -0.15) is 5.10 Å². The molecular weight excluding hydrogens is 324 g/mol. The van der Waals surface area contributed by atoms with E-state index < -0.39 is 0 Å². The lowest BCUT2D eigenvalue weighted by molar-refractivity contribution is 0.284. The van der Waals surface area contributed by atoms with Gasteiger partial charge in [-0.05, 0) is 35.5 Å². The second kappa shape index (κ2) is 7.65. The molecule has 0 aliphatic heterocycles. The van der Waals surface area contributed by atoms with Gasteiger partial charge in [0.25, 0.3) is 0 Å². The van der Waals surface area contributed by atoms with Crippen molar-refractivity contribution < 1.29 is 9.47 Å². The van der Waals surface area contributed by atoms with Crippen LogP contribution in [0.1, 0.15) is 11.1 Å². The maximum atomic E-state index is 5.86. The number of rotatable bonds is 7. The van der Waals surface area contributed by atoms with Crippen molar-refractivity contribution in [1.82, 2.24) is 14.9 Å². The average molecular weight is 342 g/mol. The minimum absolute atomic E-state index is 0.499. The van der Waals surface area contributed by atoms with Gasteiger partial charge in [0.15, 0.2) is 11.5 Å². The van der Waals surface area contributed by atoms with Gasteiger partial charge in [0.2, 0.25) is 4.77 Å². The molecule has 0 aliphatic carbocycles. The van der Waals surface area contributed by atoms with Crippen molar-refractivity contribution in [3.8, 4) is 11.5 Å². The third kappa shape index (κ3) is 3.94. The first kappa shape index (κ1) is 16.1. The number of H-pyrrole nitrogens is 1. The molecule has 2 aromatic carbocycles. The van der Waals surface area contributed by atoms with Gasteiger partial charge >= 0.3 is 0 Å². The zero-order chi connectivity index (χ0) is 16.8. The molecular formula is C17H18N4O2S. The second-order valence-corrected chi connectivity index (χ2v) is 5.51. The van der Waals surface area contributed by atoms with E-state index in [1.807, 2.05) is 48.5 Å². The van der Waals surface area contributed by atoms with Gasteiger partial charge in [-0.3, -0.25) is 5.10 Å². The first-order valence-corrected chi connectivity index (χ1v) is 7.86. The summed E-state index contributed by atoms with van der Waals surface area (Å²) in [6.45, 7) is 1.09. The van der Waals surface area contributed by atoms with E-state index in [0.29, 0.717) is 29.4 Å². The summed E-state index contributed by atoms with van der Waals surface area (Å²) in [4.78, 5) is 0. The van der Waals surface area contributed by atoms with Crippen LogP contribution in [0.5, 0.6) is 11.5 Å². The molecule has 0 radical (unpaired) electrons. The summed E-state index contributed by atoms with van der Waals surface area (Å²) in [5.41, 5.74) is 5.31. The molecule has 124 valence electrons. The van der Waals surface area contributed by atoms with Crippen LogP contribution in [0, 0.1) is 4.77 Å². The summed E-state index contributed by atoms with van der Waals surface area (Å²) in [5.74, 6) is 1.41. The summed E-state index contributed by atoms with van der Waals surface area (Å²) in [7, 11) is 1.63. The SMILES string of the molecule is COc1cc(CNn2cn[nH]c2=S)ccc1OCc1ccccc1. The topological polar surface area (TPSA) is 64.1 Å². The molecule has 7 heteroatoms. The minimum Gasteiger partial charge on any atom is -0.493 e. The van der Waals surface area contributed by atoms with Gasteiger partial charge in [0, 0.05) is 0 Å². The number of ether oxygens (including phenoxy) is 2. The first-order chi connectivity index (χ1) is 11.8. The number of aromatic nitrogens is 3. The van der Waals surface area contributed by atoms with Crippen molar-refractivity contribution in [3.63, 3.8) is 0 Å². The molecule has 3 aromatic rings. The van der Waals surface area contributed by atoms with Crippen molar-refractivity contribution in [2.75, 3.05) is 12.5 Å². The van der Waals surface area contributed by atoms with Gasteiger partial charge in [-0.1, -0.05) is 36.4 Å². The lowest BCUT2D eigenvalue weighted by Gasteiger charge is -2.13. The molecule has 0 amide bonds. The predicted octanol–water partition coefficient (Wildman–Crippen LogP) is 3.27. The van der Waals surface area contributed by atoms with E-state index >= 15 is 0 Å². The Bertz CT molecular complexity index is 845. The molecule has 2 N–H and O–H groups in total. The maximum absolute atomic E-state index is 5.86. The van der Waals surface area contributed by atoms with E-state index in [4.69, 9.17) is 21.7 Å². The zero-order valence-electron chi connectivity index (χ0n) is 13.2. The molecule has 0 bridgehead atoms. The number of methoxy groups -OCH3 is 1. The molecule has 1 heterocycles. The van der Waals surface area contributed by atoms with E-state index in [1.165, 1.54) is 0 Å².